The lowest BCUT2D eigenvalue weighted by Crippen LogP contribution is -2.41. The van der Waals surface area contributed by atoms with E-state index in [0.717, 1.165) is 57.4 Å². The molecule has 7 rings (SSSR count). The lowest BCUT2D eigenvalue weighted by molar-refractivity contribution is 0.0204. The third-order valence-corrected chi connectivity index (χ3v) is 8.92. The Bertz CT molecular complexity index is 2100. The van der Waals surface area contributed by atoms with Gasteiger partial charge in [-0.25, -0.2) is 9.48 Å². The first-order valence-corrected chi connectivity index (χ1v) is 17.4. The molecule has 3 aromatic heterocycles. The van der Waals surface area contributed by atoms with Crippen LogP contribution in [0.2, 0.25) is 0 Å². The Kier molecular flexibility index (Phi) is 9.70. The van der Waals surface area contributed by atoms with Gasteiger partial charge >= 0.3 is 6.09 Å². The number of rotatable bonds is 10. The van der Waals surface area contributed by atoms with Gasteiger partial charge in [0.15, 0.2) is 0 Å². The van der Waals surface area contributed by atoms with Gasteiger partial charge in [-0.05, 0) is 62.4 Å². The molecule has 1 aliphatic rings. The van der Waals surface area contributed by atoms with E-state index in [0.29, 0.717) is 44.6 Å². The fraction of sp³-hybridized carbons (Fsp3) is 0.325. The molecule has 11 nitrogen and oxygen atoms in total. The molecular weight excluding hydrogens is 642 g/mol. The Morgan fingerprint density at radius 1 is 0.843 bits per heavy atom. The van der Waals surface area contributed by atoms with E-state index >= 15 is 0 Å². The number of hydrogen-bond acceptors (Lipinski definition) is 8. The molecule has 1 aliphatic heterocycles. The number of fused-ring (bicyclic) bond motifs is 1. The van der Waals surface area contributed by atoms with Crippen molar-refractivity contribution in [2.45, 2.75) is 64.9 Å². The molecule has 3 aromatic carbocycles. The number of aryl methyl sites for hydroxylation is 1. The van der Waals surface area contributed by atoms with E-state index in [1.807, 2.05) is 116 Å². The van der Waals surface area contributed by atoms with E-state index in [1.165, 1.54) is 0 Å². The van der Waals surface area contributed by atoms with E-state index in [4.69, 9.17) is 24.3 Å². The van der Waals surface area contributed by atoms with Crippen LogP contribution < -0.4 is 9.47 Å². The van der Waals surface area contributed by atoms with E-state index in [1.54, 1.807) is 4.90 Å². The Morgan fingerprint density at radius 2 is 1.53 bits per heavy atom. The topological polar surface area (TPSA) is 109 Å². The van der Waals surface area contributed by atoms with Crippen molar-refractivity contribution < 1.29 is 19.0 Å². The fourth-order valence-electron chi connectivity index (χ4n) is 6.30. The zero-order valence-electron chi connectivity index (χ0n) is 29.5. The number of ether oxygens (including phenoxy) is 3. The van der Waals surface area contributed by atoms with Gasteiger partial charge in [0.25, 0.3) is 0 Å². The lowest BCUT2D eigenvalue weighted by atomic mass is 9.94. The number of piperidine rings is 1. The highest BCUT2D eigenvalue weighted by Gasteiger charge is 2.29. The Labute approximate surface area is 297 Å². The summed E-state index contributed by atoms with van der Waals surface area (Å²) in [4.78, 5) is 19.1. The molecule has 4 heterocycles. The summed E-state index contributed by atoms with van der Waals surface area (Å²) in [6.07, 6.45) is 3.42. The second-order valence-electron chi connectivity index (χ2n) is 14.0. The van der Waals surface area contributed by atoms with Crippen LogP contribution in [-0.2, 0) is 31.5 Å². The van der Waals surface area contributed by atoms with Crippen molar-refractivity contribution >= 4 is 17.0 Å². The Morgan fingerprint density at radius 3 is 2.22 bits per heavy atom. The van der Waals surface area contributed by atoms with Crippen LogP contribution in [0.3, 0.4) is 0 Å². The van der Waals surface area contributed by atoms with Gasteiger partial charge in [-0.15, -0.1) is 5.10 Å². The van der Waals surface area contributed by atoms with E-state index in [-0.39, 0.29) is 12.0 Å². The molecule has 0 spiro atoms. The monoisotopic (exact) mass is 685 g/mol. The average Bonchev–Trinajstić information content (AvgIpc) is 3.74. The van der Waals surface area contributed by atoms with E-state index < -0.39 is 5.60 Å². The van der Waals surface area contributed by atoms with Crippen molar-refractivity contribution in [3.63, 3.8) is 0 Å². The first-order valence-electron chi connectivity index (χ1n) is 17.4. The number of pyridine rings is 1. The molecule has 6 aromatic rings. The van der Waals surface area contributed by atoms with Crippen LogP contribution in [0.15, 0.2) is 97.2 Å². The normalized spacial score (nSPS) is 13.8. The van der Waals surface area contributed by atoms with E-state index in [9.17, 15) is 4.79 Å². The van der Waals surface area contributed by atoms with Crippen LogP contribution in [-0.4, -0.2) is 59.4 Å². The Balaban J connectivity index is 1.07. The Hall–Kier alpha value is -5.71. The van der Waals surface area contributed by atoms with Crippen molar-refractivity contribution in [3.8, 4) is 23.0 Å². The van der Waals surface area contributed by atoms with Gasteiger partial charge in [0.1, 0.15) is 24.5 Å². The number of benzene rings is 3. The molecule has 1 saturated heterocycles. The molecule has 1 amide bonds. The standard InChI is InChI=1S/C40H43N7O4/c1-40(2,3)51-39(48)46-21-19-31(20-22-46)34-25-47(44-42-34)24-30-15-16-32-35(23-30)45(4)43-37(32)33-17-18-36(49-26-28-11-7-5-8-12-28)41-38(33)50-27-29-13-9-6-10-14-29/h5-18,23,25,31H,19-22,24,26-27H2,1-4H3. The predicted octanol–water partition coefficient (Wildman–Crippen LogP) is 7.55. The fourth-order valence-corrected chi connectivity index (χ4v) is 6.30. The second-order valence-corrected chi connectivity index (χ2v) is 14.0. The largest absolute Gasteiger partial charge is 0.473 e. The van der Waals surface area contributed by atoms with Gasteiger partial charge in [-0.1, -0.05) is 78.0 Å². The zero-order chi connectivity index (χ0) is 35.4. The molecule has 0 saturated carbocycles. The highest BCUT2D eigenvalue weighted by molar-refractivity contribution is 5.94. The molecule has 0 radical (unpaired) electrons. The summed E-state index contributed by atoms with van der Waals surface area (Å²) in [5.74, 6) is 1.19. The van der Waals surface area contributed by atoms with Crippen LogP contribution in [0.4, 0.5) is 4.79 Å². The molecule has 11 heteroatoms. The number of hydrogen-bond donors (Lipinski definition) is 0. The minimum Gasteiger partial charge on any atom is -0.473 e. The van der Waals surface area contributed by atoms with Crippen LogP contribution in [0.1, 0.15) is 61.9 Å². The smallest absolute Gasteiger partial charge is 0.410 e. The summed E-state index contributed by atoms with van der Waals surface area (Å²) in [5, 5.41) is 14.9. The number of carbonyl (C=O) groups is 1. The van der Waals surface area contributed by atoms with Gasteiger partial charge in [0, 0.05) is 43.7 Å². The predicted molar refractivity (Wildman–Crippen MR) is 194 cm³/mol. The van der Waals surface area contributed by atoms with Gasteiger partial charge in [0.05, 0.1) is 23.3 Å². The number of carbonyl (C=O) groups excluding carboxylic acids is 1. The number of aromatic nitrogens is 6. The minimum atomic E-state index is -0.502. The van der Waals surface area contributed by atoms with Gasteiger partial charge in [-0.2, -0.15) is 10.1 Å². The molecule has 0 N–H and O–H groups in total. The highest BCUT2D eigenvalue weighted by atomic mass is 16.6. The van der Waals surface area contributed by atoms with Crippen molar-refractivity contribution in [3.05, 3.63) is 120 Å². The molecule has 0 atom stereocenters. The molecule has 1 fully saturated rings. The van der Waals surface area contributed by atoms with Crippen molar-refractivity contribution in [2.24, 2.45) is 7.05 Å². The number of nitrogens with zero attached hydrogens (tertiary/aromatic N) is 7. The summed E-state index contributed by atoms with van der Waals surface area (Å²) >= 11 is 0. The number of likely N-dealkylation sites (tertiary alicyclic amines) is 1. The summed E-state index contributed by atoms with van der Waals surface area (Å²) in [5.41, 5.74) is 6.18. The van der Waals surface area contributed by atoms with Crippen LogP contribution in [0.5, 0.6) is 11.8 Å². The number of amides is 1. The molecule has 262 valence electrons. The van der Waals surface area contributed by atoms with Gasteiger partial charge in [-0.3, -0.25) is 4.68 Å². The zero-order valence-corrected chi connectivity index (χ0v) is 29.5. The van der Waals surface area contributed by atoms with Crippen molar-refractivity contribution in [1.82, 2.24) is 34.7 Å². The van der Waals surface area contributed by atoms with Crippen molar-refractivity contribution in [1.29, 1.82) is 0 Å². The first kappa shape index (κ1) is 33.8. The van der Waals surface area contributed by atoms with Crippen LogP contribution in [0.25, 0.3) is 22.2 Å². The average molecular weight is 686 g/mol. The second kappa shape index (κ2) is 14.6. The summed E-state index contributed by atoms with van der Waals surface area (Å²) in [6.45, 7) is 8.29. The highest BCUT2D eigenvalue weighted by Crippen LogP contribution is 2.36. The maximum Gasteiger partial charge on any atom is 0.410 e. The molecule has 0 bridgehead atoms. The third kappa shape index (κ3) is 8.20. The maximum absolute atomic E-state index is 12.5. The lowest BCUT2D eigenvalue weighted by Gasteiger charge is -2.32. The summed E-state index contributed by atoms with van der Waals surface area (Å²) in [6, 6.07) is 30.2. The van der Waals surface area contributed by atoms with Crippen LogP contribution >= 0.6 is 0 Å². The summed E-state index contributed by atoms with van der Waals surface area (Å²) < 4.78 is 21.7. The van der Waals surface area contributed by atoms with E-state index in [2.05, 4.69) is 28.5 Å². The molecule has 51 heavy (non-hydrogen) atoms. The molecular formula is C40H43N7O4. The minimum absolute atomic E-state index is 0.251. The quantitative estimate of drug-likeness (QED) is 0.146. The van der Waals surface area contributed by atoms with Gasteiger partial charge in [0.2, 0.25) is 11.8 Å². The molecule has 0 aliphatic carbocycles. The van der Waals surface area contributed by atoms with Crippen molar-refractivity contribution in [2.75, 3.05) is 13.1 Å². The van der Waals surface area contributed by atoms with Gasteiger partial charge < -0.3 is 19.1 Å². The third-order valence-electron chi connectivity index (χ3n) is 8.92. The molecule has 0 unspecified atom stereocenters. The first-order chi connectivity index (χ1) is 24.7. The summed E-state index contributed by atoms with van der Waals surface area (Å²) in [7, 11) is 1.95. The SMILES string of the molecule is Cn1nc(-c2ccc(OCc3ccccc3)nc2OCc2ccccc2)c2ccc(Cn3cc(C4CCN(C(=O)OC(C)(C)C)CC4)nn3)cc21. The van der Waals surface area contributed by atoms with Crippen LogP contribution in [0, 0.1) is 0 Å². The maximum atomic E-state index is 12.5.